The van der Waals surface area contributed by atoms with Gasteiger partial charge in [-0.15, -0.1) is 0 Å². The van der Waals surface area contributed by atoms with E-state index in [2.05, 4.69) is 23.7 Å². The summed E-state index contributed by atoms with van der Waals surface area (Å²) in [6.45, 7) is 11.0. The number of nitrogens with one attached hydrogen (secondary N) is 1. The van der Waals surface area contributed by atoms with Crippen LogP contribution in [-0.2, 0) is 17.6 Å². The smallest absolute Gasteiger partial charge is 0.250 e. The molecule has 2 aromatic rings. The predicted molar refractivity (Wildman–Crippen MR) is 137 cm³/mol. The average molecular weight is 480 g/mol. The lowest BCUT2D eigenvalue weighted by Gasteiger charge is -2.31. The third-order valence-electron chi connectivity index (χ3n) is 7.28. The third kappa shape index (κ3) is 4.72. The summed E-state index contributed by atoms with van der Waals surface area (Å²) in [5.74, 6) is -0.444. The van der Waals surface area contributed by atoms with Gasteiger partial charge in [-0.2, -0.15) is 0 Å². The molecular formula is C27H37N5O3. The number of ketones is 1. The molecule has 0 saturated carbocycles. The molecule has 0 radical (unpaired) electrons. The zero-order chi connectivity index (χ0) is 25.7. The number of anilines is 1. The fourth-order valence-corrected chi connectivity index (χ4v) is 5.54. The molecule has 2 aliphatic rings. The Hall–Kier alpha value is -3.13. The number of nitrogens with zero attached hydrogens (tertiary/aromatic N) is 2. The second-order valence-electron chi connectivity index (χ2n) is 11.0. The SMILES string of the molecule is Cc1c2c(n3c1CCN(C(=O)[C@@H](C)N)CC[C@H](C)Nc1cc-3ccc1C(N)=O)CC(C)(C)CC2=O. The van der Waals surface area contributed by atoms with Gasteiger partial charge in [-0.25, -0.2) is 0 Å². The largest absolute Gasteiger partial charge is 0.382 e. The maximum absolute atomic E-state index is 13.3. The van der Waals surface area contributed by atoms with Gasteiger partial charge in [0.15, 0.2) is 5.78 Å². The van der Waals surface area contributed by atoms with Crippen molar-refractivity contribution in [2.75, 3.05) is 18.4 Å². The fraction of sp³-hybridized carbons (Fsp3) is 0.519. The number of benzene rings is 1. The molecule has 1 aromatic heterocycles. The highest BCUT2D eigenvalue weighted by Crippen LogP contribution is 2.40. The van der Waals surface area contributed by atoms with Crippen LogP contribution in [0.15, 0.2) is 18.2 Å². The monoisotopic (exact) mass is 479 g/mol. The van der Waals surface area contributed by atoms with Crippen molar-refractivity contribution in [1.82, 2.24) is 9.47 Å². The summed E-state index contributed by atoms with van der Waals surface area (Å²) in [7, 11) is 0. The molecule has 2 bridgehead atoms. The molecule has 35 heavy (non-hydrogen) atoms. The molecule has 2 heterocycles. The number of primary amides is 1. The summed E-state index contributed by atoms with van der Waals surface area (Å²) >= 11 is 0. The number of Topliss-reactive ketones (excluding diaryl/α,β-unsaturated/α-hetero) is 1. The van der Waals surface area contributed by atoms with Crippen LogP contribution < -0.4 is 16.8 Å². The number of nitrogens with two attached hydrogens (primary N) is 2. The Kier molecular flexibility index (Phi) is 6.53. The zero-order valence-electron chi connectivity index (χ0n) is 21.4. The third-order valence-corrected chi connectivity index (χ3v) is 7.28. The van der Waals surface area contributed by atoms with E-state index in [9.17, 15) is 14.4 Å². The first-order valence-electron chi connectivity index (χ1n) is 12.4. The number of hydrogen-bond donors (Lipinski definition) is 3. The summed E-state index contributed by atoms with van der Waals surface area (Å²) < 4.78 is 2.17. The first-order valence-corrected chi connectivity index (χ1v) is 12.4. The van der Waals surface area contributed by atoms with E-state index in [1.165, 1.54) is 0 Å². The number of carbonyl (C=O) groups excluding carboxylic acids is 3. The summed E-state index contributed by atoms with van der Waals surface area (Å²) in [5, 5.41) is 3.43. The lowest BCUT2D eigenvalue weighted by Crippen LogP contribution is -2.44. The van der Waals surface area contributed by atoms with Gasteiger partial charge in [0.1, 0.15) is 0 Å². The Balaban J connectivity index is 1.94. The number of carbonyl (C=O) groups is 3. The van der Waals surface area contributed by atoms with Gasteiger partial charge in [0.05, 0.1) is 11.6 Å². The molecule has 8 nitrogen and oxygen atoms in total. The van der Waals surface area contributed by atoms with E-state index >= 15 is 0 Å². The van der Waals surface area contributed by atoms with E-state index in [1.807, 2.05) is 30.9 Å². The zero-order valence-corrected chi connectivity index (χ0v) is 21.4. The Bertz CT molecular complexity index is 1190. The van der Waals surface area contributed by atoms with E-state index in [1.54, 1.807) is 13.0 Å². The Morgan fingerprint density at radius 3 is 2.54 bits per heavy atom. The van der Waals surface area contributed by atoms with Crippen LogP contribution in [0.5, 0.6) is 0 Å². The lowest BCUT2D eigenvalue weighted by molar-refractivity contribution is -0.132. The van der Waals surface area contributed by atoms with E-state index < -0.39 is 11.9 Å². The molecule has 188 valence electrons. The number of rotatable bonds is 2. The molecule has 2 amide bonds. The lowest BCUT2D eigenvalue weighted by atomic mass is 9.75. The Labute approximate surface area is 207 Å². The summed E-state index contributed by atoms with van der Waals surface area (Å²) in [4.78, 5) is 40.2. The van der Waals surface area contributed by atoms with E-state index in [-0.39, 0.29) is 23.1 Å². The van der Waals surface area contributed by atoms with Gasteiger partial charge in [-0.05, 0) is 62.8 Å². The molecule has 1 aliphatic heterocycles. The van der Waals surface area contributed by atoms with Crippen molar-refractivity contribution in [1.29, 1.82) is 0 Å². The van der Waals surface area contributed by atoms with Crippen molar-refractivity contribution in [3.8, 4) is 5.69 Å². The highest BCUT2D eigenvalue weighted by molar-refractivity contribution is 6.01. The van der Waals surface area contributed by atoms with Crippen molar-refractivity contribution in [2.24, 2.45) is 16.9 Å². The highest BCUT2D eigenvalue weighted by Gasteiger charge is 2.37. The van der Waals surface area contributed by atoms with Gasteiger partial charge in [0.25, 0.3) is 5.91 Å². The highest BCUT2D eigenvalue weighted by atomic mass is 16.2. The minimum Gasteiger partial charge on any atom is -0.382 e. The van der Waals surface area contributed by atoms with Crippen molar-refractivity contribution in [2.45, 2.75) is 72.4 Å². The van der Waals surface area contributed by atoms with Crippen LogP contribution in [0.3, 0.4) is 0 Å². The Morgan fingerprint density at radius 2 is 1.89 bits per heavy atom. The minimum absolute atomic E-state index is 0.00791. The number of aromatic nitrogens is 1. The predicted octanol–water partition coefficient (Wildman–Crippen LogP) is 2.96. The first-order chi connectivity index (χ1) is 16.4. The van der Waals surface area contributed by atoms with Crippen molar-refractivity contribution >= 4 is 23.3 Å². The van der Waals surface area contributed by atoms with E-state index in [0.717, 1.165) is 34.6 Å². The van der Waals surface area contributed by atoms with Crippen molar-refractivity contribution < 1.29 is 14.4 Å². The molecule has 5 N–H and O–H groups in total. The minimum atomic E-state index is -0.594. The van der Waals surface area contributed by atoms with Crippen LogP contribution in [0.4, 0.5) is 5.69 Å². The van der Waals surface area contributed by atoms with Crippen molar-refractivity contribution in [3.05, 3.63) is 46.3 Å². The van der Waals surface area contributed by atoms with Gasteiger partial charge in [0.2, 0.25) is 5.91 Å². The number of hydrogen-bond acceptors (Lipinski definition) is 5. The fourth-order valence-electron chi connectivity index (χ4n) is 5.54. The van der Waals surface area contributed by atoms with Crippen LogP contribution >= 0.6 is 0 Å². The van der Waals surface area contributed by atoms with Gasteiger partial charge in [-0.3, -0.25) is 14.4 Å². The van der Waals surface area contributed by atoms with Gasteiger partial charge in [0, 0.05) is 60.3 Å². The molecule has 2 atom stereocenters. The summed E-state index contributed by atoms with van der Waals surface area (Å²) in [6.07, 6.45) is 2.54. The standard InChI is InChI=1S/C27H37N5O3/c1-15-8-10-31(26(35)17(3)28)11-9-21-16(2)24-22(13-27(4,5)14-23(24)33)32(21)18-6-7-19(25(29)34)20(12-18)30-15/h6-7,12,15,17,30H,8-11,13-14,28H2,1-5H3,(H2,29,34)/t15-,17+/m0/s1. The first kappa shape index (κ1) is 25.0. The summed E-state index contributed by atoms with van der Waals surface area (Å²) in [6, 6.07) is 5.00. The van der Waals surface area contributed by atoms with Crippen LogP contribution in [0.25, 0.3) is 5.69 Å². The average Bonchev–Trinajstić information content (AvgIpc) is 3.02. The van der Waals surface area contributed by atoms with Crippen LogP contribution in [0, 0.1) is 12.3 Å². The second kappa shape index (κ2) is 9.15. The molecule has 0 fully saturated rings. The molecule has 0 saturated heterocycles. The number of amides is 2. The normalized spacial score (nSPS) is 20.6. The maximum Gasteiger partial charge on any atom is 0.250 e. The van der Waals surface area contributed by atoms with Crippen molar-refractivity contribution in [3.63, 3.8) is 0 Å². The topological polar surface area (TPSA) is 123 Å². The second-order valence-corrected chi connectivity index (χ2v) is 11.0. The molecule has 0 unspecified atom stereocenters. The van der Waals surface area contributed by atoms with Gasteiger partial charge >= 0.3 is 0 Å². The molecular weight excluding hydrogens is 442 g/mol. The molecule has 1 aromatic carbocycles. The molecule has 4 rings (SSSR count). The van der Waals surface area contributed by atoms with Crippen LogP contribution in [0.1, 0.15) is 78.2 Å². The molecule has 1 aliphatic carbocycles. The maximum atomic E-state index is 13.3. The molecule has 0 spiro atoms. The van der Waals surface area contributed by atoms with Crippen LogP contribution in [0.2, 0.25) is 0 Å². The number of fused-ring (bicyclic) bond motifs is 6. The van der Waals surface area contributed by atoms with Gasteiger partial charge < -0.3 is 26.3 Å². The molecule has 8 heteroatoms. The quantitative estimate of drug-likeness (QED) is 0.611. The van der Waals surface area contributed by atoms with Crippen LogP contribution in [-0.4, -0.2) is 52.2 Å². The Morgan fingerprint density at radius 1 is 1.17 bits per heavy atom. The van der Waals surface area contributed by atoms with E-state index in [4.69, 9.17) is 11.5 Å². The van der Waals surface area contributed by atoms with Gasteiger partial charge in [-0.1, -0.05) is 13.8 Å². The van der Waals surface area contributed by atoms with E-state index in [0.29, 0.717) is 43.6 Å². The summed E-state index contributed by atoms with van der Waals surface area (Å²) in [5.41, 5.74) is 17.2.